The summed E-state index contributed by atoms with van der Waals surface area (Å²) in [7, 11) is 0. The molecule has 0 heterocycles. The van der Waals surface area contributed by atoms with E-state index in [-0.39, 0.29) is 0 Å². The third-order valence-electron chi connectivity index (χ3n) is 3.69. The monoisotopic (exact) mass is 275 g/mol. The summed E-state index contributed by atoms with van der Waals surface area (Å²) in [6.45, 7) is 3.05. The number of ether oxygens (including phenoxy) is 1. The first-order valence-electron chi connectivity index (χ1n) is 7.56. The van der Waals surface area contributed by atoms with Crippen LogP contribution in [0.2, 0.25) is 0 Å². The molecule has 0 bridgehead atoms. The van der Waals surface area contributed by atoms with E-state index < -0.39 is 6.10 Å². The summed E-state index contributed by atoms with van der Waals surface area (Å²) in [6, 6.07) is 8.55. The maximum Gasteiger partial charge on any atom is 0.119 e. The van der Waals surface area contributed by atoms with Crippen LogP contribution in [-0.2, 0) is 6.42 Å². The normalized spacial score (nSPS) is 19.8. The highest BCUT2D eigenvalue weighted by atomic mass is 16.5. The van der Waals surface area contributed by atoms with Gasteiger partial charge < -0.3 is 15.2 Å². The number of aliphatic hydroxyl groups excluding tert-OH is 1. The molecule has 110 valence electrons. The van der Waals surface area contributed by atoms with Gasteiger partial charge in [-0.1, -0.05) is 31.2 Å². The van der Waals surface area contributed by atoms with Gasteiger partial charge in [-0.2, -0.15) is 0 Å². The van der Waals surface area contributed by atoms with Crippen molar-refractivity contribution < 1.29 is 9.84 Å². The second kappa shape index (κ2) is 8.08. The molecule has 0 fully saturated rings. The molecule has 0 radical (unpaired) electrons. The molecular weight excluding hydrogens is 250 g/mol. The fourth-order valence-corrected chi connectivity index (χ4v) is 2.35. The van der Waals surface area contributed by atoms with Gasteiger partial charge in [0, 0.05) is 12.6 Å². The average Bonchev–Trinajstić information content (AvgIpc) is 2.52. The highest BCUT2D eigenvalue weighted by Crippen LogP contribution is 2.13. The van der Waals surface area contributed by atoms with Gasteiger partial charge in [-0.05, 0) is 43.4 Å². The fourth-order valence-electron chi connectivity index (χ4n) is 2.35. The first-order chi connectivity index (χ1) is 9.78. The molecule has 2 unspecified atom stereocenters. The van der Waals surface area contributed by atoms with Gasteiger partial charge in [0.25, 0.3) is 0 Å². The van der Waals surface area contributed by atoms with Gasteiger partial charge >= 0.3 is 0 Å². The molecule has 2 N–H and O–H groups in total. The van der Waals surface area contributed by atoms with Crippen LogP contribution in [0.15, 0.2) is 36.4 Å². The standard InChI is InChI=1S/C17H25NO2/c1-2-14-8-10-17(11-9-14)20-13-16(19)12-18-15-6-4-3-5-7-15/h3-4,8-11,15-16,18-19H,2,5-7,12-13H2,1H3. The minimum absolute atomic E-state index is 0.334. The number of allylic oxidation sites excluding steroid dienone is 1. The number of hydrogen-bond donors (Lipinski definition) is 2. The van der Waals surface area contributed by atoms with Crippen molar-refractivity contribution in [3.8, 4) is 5.75 Å². The maximum atomic E-state index is 9.94. The van der Waals surface area contributed by atoms with E-state index in [0.29, 0.717) is 19.2 Å². The number of benzene rings is 1. The van der Waals surface area contributed by atoms with Crippen LogP contribution in [0.5, 0.6) is 5.75 Å². The van der Waals surface area contributed by atoms with Crippen molar-refractivity contribution in [1.29, 1.82) is 0 Å². The van der Waals surface area contributed by atoms with E-state index in [2.05, 4.69) is 36.5 Å². The Bertz CT molecular complexity index is 414. The van der Waals surface area contributed by atoms with Crippen LogP contribution < -0.4 is 10.1 Å². The molecule has 0 aromatic heterocycles. The van der Waals surface area contributed by atoms with E-state index in [1.54, 1.807) is 0 Å². The molecule has 0 saturated carbocycles. The van der Waals surface area contributed by atoms with Crippen molar-refractivity contribution >= 4 is 0 Å². The highest BCUT2D eigenvalue weighted by molar-refractivity contribution is 5.27. The van der Waals surface area contributed by atoms with Crippen molar-refractivity contribution in [2.24, 2.45) is 0 Å². The number of aryl methyl sites for hydroxylation is 1. The van der Waals surface area contributed by atoms with E-state index in [9.17, 15) is 5.11 Å². The Balaban J connectivity index is 1.66. The molecule has 2 rings (SSSR count). The van der Waals surface area contributed by atoms with Crippen molar-refractivity contribution in [3.63, 3.8) is 0 Å². The zero-order valence-corrected chi connectivity index (χ0v) is 12.2. The Labute approximate surface area is 121 Å². The lowest BCUT2D eigenvalue weighted by Gasteiger charge is -2.21. The van der Waals surface area contributed by atoms with Crippen LogP contribution in [0.3, 0.4) is 0 Å². The van der Waals surface area contributed by atoms with E-state index >= 15 is 0 Å². The first kappa shape index (κ1) is 15.1. The third-order valence-corrected chi connectivity index (χ3v) is 3.69. The molecule has 1 aromatic rings. The summed E-state index contributed by atoms with van der Waals surface area (Å²) in [5.41, 5.74) is 1.30. The van der Waals surface area contributed by atoms with Gasteiger partial charge in [-0.25, -0.2) is 0 Å². The van der Waals surface area contributed by atoms with E-state index in [0.717, 1.165) is 31.4 Å². The smallest absolute Gasteiger partial charge is 0.119 e. The lowest BCUT2D eigenvalue weighted by atomic mass is 10.0. The molecule has 1 aliphatic carbocycles. The number of rotatable bonds is 7. The van der Waals surface area contributed by atoms with Gasteiger partial charge in [0.2, 0.25) is 0 Å². The molecule has 3 nitrogen and oxygen atoms in total. The molecule has 20 heavy (non-hydrogen) atoms. The Hall–Kier alpha value is -1.32. The molecular formula is C17H25NO2. The van der Waals surface area contributed by atoms with Gasteiger partial charge in [0.1, 0.15) is 18.5 Å². The third kappa shape index (κ3) is 4.99. The van der Waals surface area contributed by atoms with Crippen LogP contribution in [0.25, 0.3) is 0 Å². The van der Waals surface area contributed by atoms with Crippen LogP contribution in [0.1, 0.15) is 31.7 Å². The van der Waals surface area contributed by atoms with Crippen LogP contribution in [-0.4, -0.2) is 30.4 Å². The van der Waals surface area contributed by atoms with Crippen molar-refractivity contribution in [2.75, 3.05) is 13.2 Å². The summed E-state index contributed by atoms with van der Waals surface area (Å²) in [5, 5.41) is 13.3. The Morgan fingerprint density at radius 3 is 2.75 bits per heavy atom. The lowest BCUT2D eigenvalue weighted by molar-refractivity contribution is 0.103. The summed E-state index contributed by atoms with van der Waals surface area (Å²) in [5.74, 6) is 0.821. The second-order valence-electron chi connectivity index (χ2n) is 5.35. The fraction of sp³-hybridized carbons (Fsp3) is 0.529. The number of aliphatic hydroxyl groups is 1. The van der Waals surface area contributed by atoms with Gasteiger partial charge in [0.05, 0.1) is 0 Å². The maximum absolute atomic E-state index is 9.94. The summed E-state index contributed by atoms with van der Waals surface area (Å²) in [6.07, 6.45) is 8.34. The van der Waals surface area contributed by atoms with Crippen molar-refractivity contribution in [1.82, 2.24) is 5.32 Å². The largest absolute Gasteiger partial charge is 0.491 e. The molecule has 0 spiro atoms. The Kier molecular flexibility index (Phi) is 6.09. The number of nitrogens with one attached hydrogen (secondary N) is 1. The van der Waals surface area contributed by atoms with E-state index in [4.69, 9.17) is 4.74 Å². The predicted octanol–water partition coefficient (Wildman–Crippen LogP) is 2.69. The minimum atomic E-state index is -0.466. The quantitative estimate of drug-likeness (QED) is 0.752. The van der Waals surface area contributed by atoms with Crippen LogP contribution in [0, 0.1) is 0 Å². The topological polar surface area (TPSA) is 41.5 Å². The molecule has 1 aromatic carbocycles. The molecule has 3 heteroatoms. The molecule has 1 aliphatic rings. The van der Waals surface area contributed by atoms with Crippen molar-refractivity contribution in [2.45, 2.75) is 44.8 Å². The highest BCUT2D eigenvalue weighted by Gasteiger charge is 2.12. The van der Waals surface area contributed by atoms with E-state index in [1.165, 1.54) is 5.56 Å². The summed E-state index contributed by atoms with van der Waals surface area (Å²) >= 11 is 0. The average molecular weight is 275 g/mol. The first-order valence-corrected chi connectivity index (χ1v) is 7.56. The molecule has 0 saturated heterocycles. The zero-order chi connectivity index (χ0) is 14.2. The summed E-state index contributed by atoms with van der Waals surface area (Å²) in [4.78, 5) is 0. The van der Waals surface area contributed by atoms with Crippen LogP contribution >= 0.6 is 0 Å². The van der Waals surface area contributed by atoms with E-state index in [1.807, 2.05) is 12.1 Å². The van der Waals surface area contributed by atoms with Crippen molar-refractivity contribution in [3.05, 3.63) is 42.0 Å². The zero-order valence-electron chi connectivity index (χ0n) is 12.2. The van der Waals surface area contributed by atoms with Gasteiger partial charge in [-0.15, -0.1) is 0 Å². The second-order valence-corrected chi connectivity index (χ2v) is 5.35. The number of hydrogen-bond acceptors (Lipinski definition) is 3. The van der Waals surface area contributed by atoms with Crippen LogP contribution in [0.4, 0.5) is 0 Å². The predicted molar refractivity (Wildman–Crippen MR) is 82.1 cm³/mol. The molecule has 0 amide bonds. The lowest BCUT2D eigenvalue weighted by Crippen LogP contribution is -2.38. The Morgan fingerprint density at radius 1 is 1.30 bits per heavy atom. The summed E-state index contributed by atoms with van der Waals surface area (Å²) < 4.78 is 5.60. The van der Waals surface area contributed by atoms with Gasteiger partial charge in [0.15, 0.2) is 0 Å². The minimum Gasteiger partial charge on any atom is -0.491 e. The SMILES string of the molecule is CCc1ccc(OCC(O)CNC2CC=CCC2)cc1. The molecule has 2 atom stereocenters. The molecule has 0 aliphatic heterocycles. The Morgan fingerprint density at radius 2 is 2.10 bits per heavy atom. The van der Waals surface area contributed by atoms with Gasteiger partial charge in [-0.3, -0.25) is 0 Å².